The maximum absolute atomic E-state index is 12.6. The Bertz CT molecular complexity index is 741. The first-order valence-electron chi connectivity index (χ1n) is 7.22. The number of aromatic amines is 1. The number of aromatic nitrogens is 4. The molecule has 0 saturated carbocycles. The van der Waals surface area contributed by atoms with Gasteiger partial charge in [-0.3, -0.25) is 9.78 Å². The standard InChI is InChI=1S/C14H23N5O2S/c1-10-9-11(2)19(17-10)8-6-7-18(5)22(20,21)14-12(3)15-16-13(14)4/h9H,6-8H2,1-5H3,(H,15,16). The molecular formula is C14H23N5O2S. The van der Waals surface area contributed by atoms with E-state index in [4.69, 9.17) is 0 Å². The van der Waals surface area contributed by atoms with Gasteiger partial charge in [0.1, 0.15) is 4.90 Å². The number of rotatable bonds is 6. The minimum absolute atomic E-state index is 0.279. The highest BCUT2D eigenvalue weighted by molar-refractivity contribution is 7.89. The fourth-order valence-corrected chi connectivity index (χ4v) is 4.07. The second kappa shape index (κ2) is 6.21. The fourth-order valence-electron chi connectivity index (χ4n) is 2.54. The van der Waals surface area contributed by atoms with Crippen LogP contribution in [0, 0.1) is 27.7 Å². The van der Waals surface area contributed by atoms with E-state index in [0.717, 1.165) is 11.4 Å². The van der Waals surface area contributed by atoms with E-state index in [1.165, 1.54) is 4.31 Å². The van der Waals surface area contributed by atoms with Gasteiger partial charge in [-0.2, -0.15) is 10.2 Å². The lowest BCUT2D eigenvalue weighted by Crippen LogP contribution is -2.29. The zero-order valence-corrected chi connectivity index (χ0v) is 14.5. The van der Waals surface area contributed by atoms with Gasteiger partial charge < -0.3 is 0 Å². The number of hydrogen-bond acceptors (Lipinski definition) is 4. The van der Waals surface area contributed by atoms with Gasteiger partial charge in [-0.15, -0.1) is 0 Å². The normalized spacial score (nSPS) is 12.3. The molecule has 0 bridgehead atoms. The molecule has 7 nitrogen and oxygen atoms in total. The first-order chi connectivity index (χ1) is 10.2. The second-order valence-corrected chi connectivity index (χ2v) is 7.58. The molecule has 1 N–H and O–H groups in total. The molecule has 0 aliphatic carbocycles. The SMILES string of the molecule is Cc1cc(C)n(CCCN(C)S(=O)(=O)c2c(C)n[nH]c2C)n1. The van der Waals surface area contributed by atoms with E-state index in [1.807, 2.05) is 24.6 Å². The highest BCUT2D eigenvalue weighted by atomic mass is 32.2. The lowest BCUT2D eigenvalue weighted by atomic mass is 10.4. The number of aryl methyl sites for hydroxylation is 5. The summed E-state index contributed by atoms with van der Waals surface area (Å²) in [5, 5.41) is 11.1. The molecule has 122 valence electrons. The van der Waals surface area contributed by atoms with Crippen molar-refractivity contribution in [3.63, 3.8) is 0 Å². The van der Waals surface area contributed by atoms with Crippen LogP contribution in [0.3, 0.4) is 0 Å². The first kappa shape index (κ1) is 16.7. The van der Waals surface area contributed by atoms with Crippen molar-refractivity contribution in [2.45, 2.75) is 45.6 Å². The molecule has 0 unspecified atom stereocenters. The molecule has 0 radical (unpaired) electrons. The van der Waals surface area contributed by atoms with Crippen LogP contribution in [0.1, 0.15) is 29.2 Å². The fraction of sp³-hybridized carbons (Fsp3) is 0.571. The summed E-state index contributed by atoms with van der Waals surface area (Å²) in [5.74, 6) is 0. The summed E-state index contributed by atoms with van der Waals surface area (Å²) >= 11 is 0. The minimum atomic E-state index is -3.51. The van der Waals surface area contributed by atoms with Crippen molar-refractivity contribution in [1.82, 2.24) is 24.3 Å². The van der Waals surface area contributed by atoms with Gasteiger partial charge in [0.2, 0.25) is 10.0 Å². The maximum atomic E-state index is 12.6. The van der Waals surface area contributed by atoms with Crippen LogP contribution in [-0.4, -0.2) is 46.3 Å². The second-order valence-electron chi connectivity index (χ2n) is 5.59. The van der Waals surface area contributed by atoms with Crippen LogP contribution in [-0.2, 0) is 16.6 Å². The molecule has 0 aliphatic rings. The van der Waals surface area contributed by atoms with E-state index in [1.54, 1.807) is 20.9 Å². The van der Waals surface area contributed by atoms with E-state index in [2.05, 4.69) is 15.3 Å². The highest BCUT2D eigenvalue weighted by Gasteiger charge is 2.26. The molecule has 2 rings (SSSR count). The average molecular weight is 325 g/mol. The Hall–Kier alpha value is -1.67. The Kier molecular flexibility index (Phi) is 4.72. The van der Waals surface area contributed by atoms with Crippen LogP contribution in [0.15, 0.2) is 11.0 Å². The summed E-state index contributed by atoms with van der Waals surface area (Å²) in [6, 6.07) is 2.01. The monoisotopic (exact) mass is 325 g/mol. The Morgan fingerprint density at radius 1 is 1.27 bits per heavy atom. The number of nitrogens with zero attached hydrogens (tertiary/aromatic N) is 4. The molecule has 0 fully saturated rings. The van der Waals surface area contributed by atoms with Crippen LogP contribution in [0.25, 0.3) is 0 Å². The van der Waals surface area contributed by atoms with Crippen molar-refractivity contribution in [2.24, 2.45) is 0 Å². The van der Waals surface area contributed by atoms with Gasteiger partial charge in [-0.25, -0.2) is 12.7 Å². The highest BCUT2D eigenvalue weighted by Crippen LogP contribution is 2.20. The van der Waals surface area contributed by atoms with Crippen molar-refractivity contribution < 1.29 is 8.42 Å². The lowest BCUT2D eigenvalue weighted by Gasteiger charge is -2.17. The first-order valence-corrected chi connectivity index (χ1v) is 8.66. The summed E-state index contributed by atoms with van der Waals surface area (Å²) in [6.07, 6.45) is 0.702. The molecule has 0 saturated heterocycles. The Balaban J connectivity index is 2.03. The van der Waals surface area contributed by atoms with Crippen LogP contribution >= 0.6 is 0 Å². The van der Waals surface area contributed by atoms with Crippen LogP contribution in [0.5, 0.6) is 0 Å². The smallest absolute Gasteiger partial charge is 0.246 e. The molecule has 0 spiro atoms. The van der Waals surface area contributed by atoms with Crippen molar-refractivity contribution in [3.05, 3.63) is 28.8 Å². The molecule has 0 aliphatic heterocycles. The molecule has 0 aromatic carbocycles. The molecule has 8 heteroatoms. The zero-order valence-electron chi connectivity index (χ0n) is 13.7. The van der Waals surface area contributed by atoms with E-state index in [-0.39, 0.29) is 4.90 Å². The predicted molar refractivity (Wildman–Crippen MR) is 84.2 cm³/mol. The van der Waals surface area contributed by atoms with Gasteiger partial charge >= 0.3 is 0 Å². The van der Waals surface area contributed by atoms with Gasteiger partial charge in [0.05, 0.1) is 17.1 Å². The number of H-pyrrole nitrogens is 1. The van der Waals surface area contributed by atoms with Crippen molar-refractivity contribution in [1.29, 1.82) is 0 Å². The Morgan fingerprint density at radius 2 is 1.95 bits per heavy atom. The van der Waals surface area contributed by atoms with Crippen molar-refractivity contribution in [3.8, 4) is 0 Å². The van der Waals surface area contributed by atoms with E-state index in [9.17, 15) is 8.42 Å². The number of nitrogens with one attached hydrogen (secondary N) is 1. The Labute approximate surface area is 131 Å². The van der Waals surface area contributed by atoms with Crippen molar-refractivity contribution in [2.75, 3.05) is 13.6 Å². The molecule has 2 heterocycles. The summed E-state index contributed by atoms with van der Waals surface area (Å²) in [7, 11) is -1.91. The van der Waals surface area contributed by atoms with E-state index >= 15 is 0 Å². The van der Waals surface area contributed by atoms with E-state index in [0.29, 0.717) is 30.9 Å². The predicted octanol–water partition coefficient (Wildman–Crippen LogP) is 1.55. The van der Waals surface area contributed by atoms with Gasteiger partial charge in [0.15, 0.2) is 0 Å². The average Bonchev–Trinajstić information content (AvgIpc) is 2.92. The molecule has 0 amide bonds. The zero-order chi connectivity index (χ0) is 16.5. The topological polar surface area (TPSA) is 83.9 Å². The third-order valence-electron chi connectivity index (χ3n) is 3.68. The summed E-state index contributed by atoms with van der Waals surface area (Å²) < 4.78 is 28.5. The molecule has 22 heavy (non-hydrogen) atoms. The minimum Gasteiger partial charge on any atom is -0.281 e. The molecule has 2 aromatic rings. The summed E-state index contributed by atoms with van der Waals surface area (Å²) in [5.41, 5.74) is 3.14. The van der Waals surface area contributed by atoms with Gasteiger partial charge in [0.25, 0.3) is 0 Å². The number of sulfonamides is 1. The quantitative estimate of drug-likeness (QED) is 0.873. The summed E-state index contributed by atoms with van der Waals surface area (Å²) in [6.45, 7) is 8.49. The maximum Gasteiger partial charge on any atom is 0.246 e. The molecular weight excluding hydrogens is 302 g/mol. The Morgan fingerprint density at radius 3 is 2.45 bits per heavy atom. The summed E-state index contributed by atoms with van der Waals surface area (Å²) in [4.78, 5) is 0.279. The van der Waals surface area contributed by atoms with Gasteiger partial charge in [-0.1, -0.05) is 0 Å². The van der Waals surface area contributed by atoms with Gasteiger partial charge in [0, 0.05) is 25.8 Å². The van der Waals surface area contributed by atoms with Crippen LogP contribution in [0.4, 0.5) is 0 Å². The van der Waals surface area contributed by atoms with Gasteiger partial charge in [-0.05, 0) is 40.2 Å². The lowest BCUT2D eigenvalue weighted by molar-refractivity contribution is 0.435. The molecule has 0 atom stereocenters. The third-order valence-corrected chi connectivity index (χ3v) is 5.80. The van der Waals surface area contributed by atoms with Crippen molar-refractivity contribution >= 4 is 10.0 Å². The van der Waals surface area contributed by atoms with Crippen LogP contribution in [0.2, 0.25) is 0 Å². The third kappa shape index (κ3) is 3.22. The number of hydrogen-bond donors (Lipinski definition) is 1. The van der Waals surface area contributed by atoms with E-state index < -0.39 is 10.0 Å². The van der Waals surface area contributed by atoms with Crippen LogP contribution < -0.4 is 0 Å². The molecule has 2 aromatic heterocycles. The largest absolute Gasteiger partial charge is 0.281 e.